The highest BCUT2D eigenvalue weighted by atomic mass is 16.4. The van der Waals surface area contributed by atoms with Crippen LogP contribution in [-0.2, 0) is 4.79 Å². The van der Waals surface area contributed by atoms with Crippen molar-refractivity contribution in [1.29, 1.82) is 0 Å². The second-order valence-electron chi connectivity index (χ2n) is 4.14. The standard InChI is InChI=1S/C11H22N2O2/c1-8(2)10(11(14)15)6-4-5-7-13-9(3)12/h8,10,13H,3-7,12H2,1-2H3,(H,14,15). The Kier molecular flexibility index (Phi) is 6.58. The van der Waals surface area contributed by atoms with Crippen molar-refractivity contribution in [3.05, 3.63) is 12.4 Å². The van der Waals surface area contributed by atoms with E-state index in [4.69, 9.17) is 10.8 Å². The van der Waals surface area contributed by atoms with Gasteiger partial charge in [0, 0.05) is 6.54 Å². The molecule has 88 valence electrons. The molecule has 1 unspecified atom stereocenters. The van der Waals surface area contributed by atoms with Gasteiger partial charge < -0.3 is 16.2 Å². The fourth-order valence-corrected chi connectivity index (χ4v) is 1.48. The second-order valence-corrected chi connectivity index (χ2v) is 4.14. The van der Waals surface area contributed by atoms with Crippen molar-refractivity contribution in [2.24, 2.45) is 17.6 Å². The summed E-state index contributed by atoms with van der Waals surface area (Å²) in [4.78, 5) is 10.9. The molecule has 0 spiro atoms. The van der Waals surface area contributed by atoms with E-state index in [9.17, 15) is 4.79 Å². The van der Waals surface area contributed by atoms with Crippen molar-refractivity contribution in [2.45, 2.75) is 33.1 Å². The predicted molar refractivity (Wildman–Crippen MR) is 61.1 cm³/mol. The first-order valence-corrected chi connectivity index (χ1v) is 5.36. The highest BCUT2D eigenvalue weighted by molar-refractivity contribution is 5.70. The zero-order valence-corrected chi connectivity index (χ0v) is 9.62. The third kappa shape index (κ3) is 6.82. The van der Waals surface area contributed by atoms with Crippen LogP contribution in [0, 0.1) is 11.8 Å². The second kappa shape index (κ2) is 7.15. The lowest BCUT2D eigenvalue weighted by molar-refractivity contribution is -0.143. The third-order valence-corrected chi connectivity index (χ3v) is 2.42. The Labute approximate surface area is 91.5 Å². The van der Waals surface area contributed by atoms with Gasteiger partial charge in [-0.1, -0.05) is 26.8 Å². The molecule has 0 heterocycles. The van der Waals surface area contributed by atoms with Crippen LogP contribution >= 0.6 is 0 Å². The van der Waals surface area contributed by atoms with Crippen LogP contribution in [0.5, 0.6) is 0 Å². The minimum atomic E-state index is -0.693. The van der Waals surface area contributed by atoms with Crippen molar-refractivity contribution in [3.8, 4) is 0 Å². The van der Waals surface area contributed by atoms with Gasteiger partial charge in [-0.15, -0.1) is 0 Å². The molecule has 0 aliphatic carbocycles. The highest BCUT2D eigenvalue weighted by Crippen LogP contribution is 2.18. The maximum Gasteiger partial charge on any atom is 0.306 e. The molecule has 0 saturated carbocycles. The topological polar surface area (TPSA) is 75.3 Å². The van der Waals surface area contributed by atoms with Gasteiger partial charge in [0.25, 0.3) is 0 Å². The quantitative estimate of drug-likeness (QED) is 0.536. The van der Waals surface area contributed by atoms with Crippen LogP contribution in [0.15, 0.2) is 12.4 Å². The monoisotopic (exact) mass is 214 g/mol. The minimum Gasteiger partial charge on any atom is -0.481 e. The fourth-order valence-electron chi connectivity index (χ4n) is 1.48. The fraction of sp³-hybridized carbons (Fsp3) is 0.727. The average molecular weight is 214 g/mol. The van der Waals surface area contributed by atoms with Gasteiger partial charge in [-0.25, -0.2) is 0 Å². The summed E-state index contributed by atoms with van der Waals surface area (Å²) in [5.74, 6) is -0.263. The number of hydrogen-bond donors (Lipinski definition) is 3. The number of carboxylic acids is 1. The van der Waals surface area contributed by atoms with Crippen LogP contribution in [0.2, 0.25) is 0 Å². The van der Waals surface area contributed by atoms with E-state index in [1.807, 2.05) is 13.8 Å². The Hall–Kier alpha value is -1.19. The number of carbonyl (C=O) groups is 1. The number of carboxylic acid groups (broad SMARTS) is 1. The summed E-state index contributed by atoms with van der Waals surface area (Å²) in [6.07, 6.45) is 2.55. The van der Waals surface area contributed by atoms with Crippen LogP contribution < -0.4 is 11.1 Å². The number of hydrogen-bond acceptors (Lipinski definition) is 3. The molecule has 0 rings (SSSR count). The van der Waals surface area contributed by atoms with Crippen LogP contribution in [-0.4, -0.2) is 17.6 Å². The van der Waals surface area contributed by atoms with E-state index in [2.05, 4.69) is 11.9 Å². The third-order valence-electron chi connectivity index (χ3n) is 2.42. The first-order chi connectivity index (χ1) is 6.95. The van der Waals surface area contributed by atoms with Gasteiger partial charge >= 0.3 is 5.97 Å². The number of nitrogens with one attached hydrogen (secondary N) is 1. The highest BCUT2D eigenvalue weighted by Gasteiger charge is 2.20. The summed E-state index contributed by atoms with van der Waals surface area (Å²) >= 11 is 0. The molecule has 15 heavy (non-hydrogen) atoms. The average Bonchev–Trinajstić information content (AvgIpc) is 2.08. The van der Waals surface area contributed by atoms with Gasteiger partial charge in [0.05, 0.1) is 11.7 Å². The van der Waals surface area contributed by atoms with Crippen LogP contribution in [0.25, 0.3) is 0 Å². The molecule has 0 aromatic heterocycles. The van der Waals surface area contributed by atoms with Gasteiger partial charge in [0.2, 0.25) is 0 Å². The molecule has 0 amide bonds. The van der Waals surface area contributed by atoms with Crippen LogP contribution in [0.3, 0.4) is 0 Å². The Bertz CT molecular complexity index is 215. The zero-order chi connectivity index (χ0) is 11.8. The Morgan fingerprint density at radius 3 is 2.47 bits per heavy atom. The van der Waals surface area contributed by atoms with E-state index in [1.54, 1.807) is 0 Å². The number of nitrogens with two attached hydrogens (primary N) is 1. The van der Waals surface area contributed by atoms with E-state index in [0.29, 0.717) is 5.82 Å². The molecular weight excluding hydrogens is 192 g/mol. The SMILES string of the molecule is C=C(N)NCCCCC(C(=O)O)C(C)C. The van der Waals surface area contributed by atoms with Gasteiger partial charge in [-0.3, -0.25) is 4.79 Å². The first kappa shape index (κ1) is 13.8. The van der Waals surface area contributed by atoms with Gasteiger partial charge in [-0.2, -0.15) is 0 Å². The molecule has 4 N–H and O–H groups in total. The molecule has 0 aliphatic rings. The Balaban J connectivity index is 3.63. The molecule has 4 heteroatoms. The largest absolute Gasteiger partial charge is 0.481 e. The van der Waals surface area contributed by atoms with Crippen molar-refractivity contribution >= 4 is 5.97 Å². The molecule has 0 bridgehead atoms. The lowest BCUT2D eigenvalue weighted by Crippen LogP contribution is -2.22. The molecule has 0 aromatic rings. The van der Waals surface area contributed by atoms with E-state index < -0.39 is 5.97 Å². The summed E-state index contributed by atoms with van der Waals surface area (Å²) in [5, 5.41) is 11.9. The van der Waals surface area contributed by atoms with Crippen LogP contribution in [0.4, 0.5) is 0 Å². The summed E-state index contributed by atoms with van der Waals surface area (Å²) in [5.41, 5.74) is 5.33. The van der Waals surface area contributed by atoms with Crippen molar-refractivity contribution in [2.75, 3.05) is 6.54 Å². The minimum absolute atomic E-state index is 0.194. The summed E-state index contributed by atoms with van der Waals surface area (Å²) < 4.78 is 0. The van der Waals surface area contributed by atoms with E-state index >= 15 is 0 Å². The van der Waals surface area contributed by atoms with Gasteiger partial charge in [-0.05, 0) is 18.8 Å². The first-order valence-electron chi connectivity index (χ1n) is 5.36. The molecular formula is C11H22N2O2. The normalized spacial score (nSPS) is 12.5. The predicted octanol–water partition coefficient (Wildman–Crippen LogP) is 1.53. The molecule has 0 saturated heterocycles. The molecule has 4 nitrogen and oxygen atoms in total. The molecule has 1 atom stereocenters. The maximum absolute atomic E-state index is 10.9. The lowest BCUT2D eigenvalue weighted by atomic mass is 9.91. The summed E-state index contributed by atoms with van der Waals surface area (Å²) in [7, 11) is 0. The van der Waals surface area contributed by atoms with E-state index in [0.717, 1.165) is 25.8 Å². The number of aliphatic carboxylic acids is 1. The Morgan fingerprint density at radius 1 is 1.47 bits per heavy atom. The van der Waals surface area contributed by atoms with Gasteiger partial charge in [0.15, 0.2) is 0 Å². The smallest absolute Gasteiger partial charge is 0.306 e. The van der Waals surface area contributed by atoms with E-state index in [1.165, 1.54) is 0 Å². The summed E-state index contributed by atoms with van der Waals surface area (Å²) in [6, 6.07) is 0. The molecule has 0 aromatic carbocycles. The lowest BCUT2D eigenvalue weighted by Gasteiger charge is -2.15. The molecule has 0 radical (unpaired) electrons. The number of unbranched alkanes of at least 4 members (excludes halogenated alkanes) is 1. The zero-order valence-electron chi connectivity index (χ0n) is 9.62. The van der Waals surface area contributed by atoms with Crippen molar-refractivity contribution in [3.63, 3.8) is 0 Å². The Morgan fingerprint density at radius 2 is 2.07 bits per heavy atom. The summed E-state index contributed by atoms with van der Waals surface area (Å²) in [6.45, 7) is 8.17. The number of rotatable bonds is 8. The van der Waals surface area contributed by atoms with Crippen molar-refractivity contribution in [1.82, 2.24) is 5.32 Å². The van der Waals surface area contributed by atoms with Gasteiger partial charge in [0.1, 0.15) is 0 Å². The maximum atomic E-state index is 10.9. The molecule has 0 aliphatic heterocycles. The van der Waals surface area contributed by atoms with E-state index in [-0.39, 0.29) is 11.8 Å². The molecule has 0 fully saturated rings. The van der Waals surface area contributed by atoms with Crippen LogP contribution in [0.1, 0.15) is 33.1 Å². The van der Waals surface area contributed by atoms with Crippen molar-refractivity contribution < 1.29 is 9.90 Å².